The number of ether oxygens (including phenoxy) is 3. The van der Waals surface area contributed by atoms with E-state index in [9.17, 15) is 47.3 Å². The number of aryl methyl sites for hydroxylation is 2. The molecule has 8 rings (SSSR count). The highest BCUT2D eigenvalue weighted by Crippen LogP contribution is 2.55. The average molecular weight is 1620 g/mol. The predicted molar refractivity (Wildman–Crippen MR) is 419 cm³/mol. The number of nitrogens with two attached hydrogens (primary N) is 5. The molecule has 1 radical (unpaired) electrons. The first-order valence-corrected chi connectivity index (χ1v) is 45.8. The summed E-state index contributed by atoms with van der Waals surface area (Å²) in [5.74, 6) is 17.9. The number of hydroxylamine groups is 2. The number of imide groups is 1. The normalized spacial score (nSPS) is 22.7. The second-order valence-corrected chi connectivity index (χ2v) is 35.1. The number of esters is 1. The van der Waals surface area contributed by atoms with E-state index in [0.717, 1.165) is 223 Å². The number of alkyl carbamates (subject to hydrolysis) is 1. The summed E-state index contributed by atoms with van der Waals surface area (Å²) in [7, 11) is -8.53. The van der Waals surface area contributed by atoms with Crippen LogP contribution in [0.4, 0.5) is 9.59 Å². The van der Waals surface area contributed by atoms with Gasteiger partial charge in [-0.3, -0.25) is 42.5 Å². The number of carbonyl (C=O) groups excluding carboxylic acids is 7. The number of hydrogen-bond donors (Lipinski definition) is 8. The fourth-order valence-corrected chi connectivity index (χ4v) is 15.3. The third kappa shape index (κ3) is 46.7. The Bertz CT molecular complexity index is 3220. The number of hydrogen-bond acceptors (Lipinski definition) is 22. The first-order chi connectivity index (χ1) is 52.4. The molecule has 629 valence electrons. The molecule has 1 aliphatic heterocycles. The monoisotopic (exact) mass is 1620 g/mol. The number of nitrogens with zero attached hydrogens (tertiary/aromatic N) is 6. The van der Waals surface area contributed by atoms with Crippen molar-refractivity contribution in [2.45, 2.75) is 246 Å². The Morgan fingerprint density at radius 2 is 1.03 bits per heavy atom. The fourth-order valence-electron chi connectivity index (χ4n) is 13.8. The van der Waals surface area contributed by atoms with E-state index in [0.29, 0.717) is 99.0 Å². The average Bonchev–Trinajstić information content (AvgIpc) is 1.62. The van der Waals surface area contributed by atoms with Crippen molar-refractivity contribution in [1.29, 1.82) is 5.26 Å². The summed E-state index contributed by atoms with van der Waals surface area (Å²) in [6.07, 6.45) is 28.7. The molecular weight excluding hydrogens is 1490 g/mol. The number of amides is 5. The van der Waals surface area contributed by atoms with Gasteiger partial charge in [0.2, 0.25) is 11.8 Å². The van der Waals surface area contributed by atoms with Crippen molar-refractivity contribution in [3.8, 4) is 29.7 Å². The minimum absolute atomic E-state index is 0. The number of aromatic nitrogens is 3. The molecular formula is C75H131BN12O20P3. The van der Waals surface area contributed by atoms with E-state index in [1.54, 1.807) is 12.8 Å². The van der Waals surface area contributed by atoms with Crippen LogP contribution in [0.15, 0.2) is 5.11 Å². The molecule has 1 saturated heterocycles. The van der Waals surface area contributed by atoms with Gasteiger partial charge >= 0.3 is 41.0 Å². The summed E-state index contributed by atoms with van der Waals surface area (Å²) < 4.78 is 65.0. The Morgan fingerprint density at radius 3 is 1.48 bits per heavy atom. The molecule has 0 spiro atoms. The van der Waals surface area contributed by atoms with E-state index in [1.165, 1.54) is 33.0 Å². The van der Waals surface area contributed by atoms with Gasteiger partial charge in [-0.25, -0.2) is 19.5 Å². The Hall–Kier alpha value is -6.13. The summed E-state index contributed by atoms with van der Waals surface area (Å²) in [6.45, 7) is 14.0. The van der Waals surface area contributed by atoms with E-state index < -0.39 is 40.8 Å². The summed E-state index contributed by atoms with van der Waals surface area (Å²) >= 11 is 0. The molecule has 3 saturated carbocycles. The van der Waals surface area contributed by atoms with Crippen LogP contribution < -0.4 is 28.0 Å². The predicted octanol–water partition coefficient (Wildman–Crippen LogP) is 11.0. The van der Waals surface area contributed by atoms with Crippen LogP contribution in [-0.2, 0) is 89.7 Å². The Balaban J connectivity index is 0.000000494. The molecule has 14 atom stereocenters. The van der Waals surface area contributed by atoms with E-state index >= 15 is 0 Å². The molecule has 1 aromatic heterocycles. The van der Waals surface area contributed by atoms with Gasteiger partial charge in [-0.1, -0.05) is 88.7 Å². The number of rotatable bonds is 43. The quantitative estimate of drug-likeness (QED) is 0.00440. The Kier molecular flexibility index (Phi) is 51.8. The van der Waals surface area contributed by atoms with Crippen LogP contribution in [0, 0.1) is 100 Å². The van der Waals surface area contributed by atoms with E-state index in [4.69, 9.17) is 65.9 Å². The van der Waals surface area contributed by atoms with Crippen LogP contribution in [0.2, 0.25) is 6.82 Å². The lowest BCUT2D eigenvalue weighted by Gasteiger charge is -2.12. The van der Waals surface area contributed by atoms with Gasteiger partial charge in [0, 0.05) is 89.9 Å². The molecule has 14 N–H and O–H groups in total. The molecule has 7 unspecified atom stereocenters. The number of nitrogens with one attached hydrogen (secondary N) is 1. The number of nitriles is 1. The minimum atomic E-state index is -3.38. The van der Waals surface area contributed by atoms with Gasteiger partial charge in [-0.05, 0) is 186 Å². The van der Waals surface area contributed by atoms with Crippen molar-refractivity contribution < 1.29 is 100 Å². The van der Waals surface area contributed by atoms with Gasteiger partial charge in [-0.15, -0.1) is 28.8 Å². The summed E-state index contributed by atoms with van der Waals surface area (Å²) in [5.41, 5.74) is 23.0. The van der Waals surface area contributed by atoms with E-state index in [1.807, 2.05) is 18.5 Å². The molecule has 0 bridgehead atoms. The van der Waals surface area contributed by atoms with Gasteiger partial charge in [0.25, 0.3) is 19.1 Å². The third-order valence-corrected chi connectivity index (χ3v) is 22.4. The molecule has 0 aromatic carbocycles. The molecule has 6 aliphatic carbocycles. The molecule has 4 fully saturated rings. The molecule has 5 amide bonds. The minimum Gasteiger partial charge on any atom is -0.693 e. The van der Waals surface area contributed by atoms with Crippen molar-refractivity contribution in [3.05, 3.63) is 17.5 Å². The lowest BCUT2D eigenvalue weighted by Crippen LogP contribution is -2.32. The topological polar surface area (TPSA) is 515 Å². The fraction of sp³-hybridized carbons (Fsp3) is 0.813. The van der Waals surface area contributed by atoms with Crippen LogP contribution in [0.25, 0.3) is 6.15 Å². The third-order valence-electron chi connectivity index (χ3n) is 20.4. The molecule has 2 heterocycles. The standard InChI is InChI=1S/C25H44N5O6P.C19H31O5P.C15H17NO5.C7H15N3O.C7H18NO3P.C2H3BN.H2N/c1-18(24(26)31)9-5-7-15-30-23-13-11-20-19(10-12-22(23)28-29-30)21(20)17-35-25(32)27-14-6-3-4-8-16-36-37(2,33)34;1-25(21,22)24-14-10-6-2-3-9-13-19(20)23-15-18-16-11-7-4-5-8-12-17(16)18;17-13-7-8-14(18)16(13)21-15(19)20-9-12-10-5-3-1-2-4-6-11(10)12;1-6(7(8)11)4-2-3-5-10-9;1-12(9,10)11-7-5-3-2-4-6-8;1-3-2-4;/h18-21H,3-17H2,1-2H3,(H2,26,31)(H,27,32)(H,33,34);16-18H,2-3,6-15H2,1H3,(H,21,22);10-12H,3-9H2;6,9H,2-5H2,1H3,(H2,8,11);2-8H2,1H3,(H,9,10);1H3;1H2/q;;;;;;-1/p+1/t18?,19-,20+,21-;16-,17+,18?;10-,11+,12?;;;;/m1....../s1. The van der Waals surface area contributed by atoms with Gasteiger partial charge in [-0.2, -0.15) is 5.53 Å². The highest BCUT2D eigenvalue weighted by Gasteiger charge is 2.52. The van der Waals surface area contributed by atoms with Crippen molar-refractivity contribution in [1.82, 2.24) is 25.4 Å². The summed E-state index contributed by atoms with van der Waals surface area (Å²) in [6, 6.07) is 0. The summed E-state index contributed by atoms with van der Waals surface area (Å²) in [4.78, 5) is 111. The molecule has 111 heavy (non-hydrogen) atoms. The van der Waals surface area contributed by atoms with Gasteiger partial charge in [0.1, 0.15) is 6.54 Å². The molecule has 32 nitrogen and oxygen atoms in total. The SMILES string of the molecule is CC(CCCCN=[NH2+])C(N)=O.CC(CCCCn1nnc2c1CC[C@H]1[C@@H](CC2)[C@H]1COC(=O)NCCCCCCOP(C)(=O)O)C(N)=O.CP(=O)(O)OCCCCCCCC(=O)OCC1[C@H]2CCC#CCC[C@@H]12.CP(=O)(O)OCCCCCCN.C[B]C#N.O=C(OCC1[C@H]2CCC#CCC[C@@H]12)ON1C(=O)CCC1=O.[NH2-]. The number of unbranched alkanes of at least 4 members (excludes halogenated alkanes) is 12. The zero-order valence-electron chi connectivity index (χ0n) is 66.7. The molecule has 36 heteroatoms. The highest BCUT2D eigenvalue weighted by atomic mass is 31.2. The first kappa shape index (κ1) is 101. The maximum absolute atomic E-state index is 12.1. The number of carbonyl (C=O) groups is 7. The zero-order chi connectivity index (χ0) is 81.3. The van der Waals surface area contributed by atoms with Crippen LogP contribution in [0.1, 0.15) is 231 Å². The second-order valence-electron chi connectivity index (χ2n) is 29.5. The maximum atomic E-state index is 12.1. The van der Waals surface area contributed by atoms with Crippen LogP contribution in [-0.4, -0.2) is 163 Å². The van der Waals surface area contributed by atoms with Gasteiger partial charge in [0.05, 0.1) is 51.0 Å². The molecule has 7 aliphatic rings. The van der Waals surface area contributed by atoms with Gasteiger partial charge < -0.3 is 71.1 Å². The second kappa shape index (κ2) is 57.0. The Morgan fingerprint density at radius 1 is 0.613 bits per heavy atom. The Labute approximate surface area is 659 Å². The lowest BCUT2D eigenvalue weighted by atomic mass is 9.86. The van der Waals surface area contributed by atoms with E-state index in [2.05, 4.69) is 53.8 Å². The highest BCUT2D eigenvalue weighted by molar-refractivity contribution is 7.52. The van der Waals surface area contributed by atoms with Crippen LogP contribution in [0.3, 0.4) is 0 Å². The largest absolute Gasteiger partial charge is 0.693 e. The first-order valence-electron chi connectivity index (χ1n) is 39.7. The lowest BCUT2D eigenvalue weighted by molar-refractivity contribution is -0.222. The summed E-state index contributed by atoms with van der Waals surface area (Å²) in [5, 5.41) is 23.2. The number of primary amides is 2. The molecule has 1 aromatic rings. The maximum Gasteiger partial charge on any atom is 0.533 e. The number of fused-ring (bicyclic) bond motifs is 4. The van der Waals surface area contributed by atoms with Crippen molar-refractivity contribution in [2.75, 3.05) is 79.3 Å². The smallest absolute Gasteiger partial charge is 0.533 e. The zero-order valence-corrected chi connectivity index (χ0v) is 69.4. The van der Waals surface area contributed by atoms with E-state index in [-0.39, 0.29) is 67.9 Å². The van der Waals surface area contributed by atoms with Crippen molar-refractivity contribution in [3.63, 3.8) is 0 Å². The van der Waals surface area contributed by atoms with Crippen molar-refractivity contribution >= 4 is 71.9 Å². The van der Waals surface area contributed by atoms with Gasteiger partial charge in [0.15, 0.2) is 0 Å². The van der Waals surface area contributed by atoms with Crippen LogP contribution in [0.5, 0.6) is 0 Å². The van der Waals surface area contributed by atoms with Crippen molar-refractivity contribution in [2.24, 2.45) is 87.4 Å². The van der Waals surface area contributed by atoms with Crippen LogP contribution >= 0.6 is 22.8 Å².